The molecule has 2 heterocycles. The molecule has 21 heavy (non-hydrogen) atoms. The van der Waals surface area contributed by atoms with Crippen LogP contribution in [-0.2, 0) is 0 Å². The Hall–Kier alpha value is -1.50. The van der Waals surface area contributed by atoms with E-state index in [1.807, 2.05) is 17.5 Å². The van der Waals surface area contributed by atoms with Gasteiger partial charge in [-0.05, 0) is 37.1 Å². The molecule has 0 aliphatic heterocycles. The topological polar surface area (TPSA) is 54.7 Å². The molecule has 0 unspecified atom stereocenters. The van der Waals surface area contributed by atoms with Crippen LogP contribution in [-0.4, -0.2) is 16.4 Å². The van der Waals surface area contributed by atoms with Crippen molar-refractivity contribution in [2.24, 2.45) is 5.92 Å². The van der Waals surface area contributed by atoms with Gasteiger partial charge in [0.15, 0.2) is 5.82 Å². The molecular weight excluding hydrogens is 299 g/mol. The number of aromatic nitrogens is 2. The van der Waals surface area contributed by atoms with Crippen molar-refractivity contribution in [1.29, 1.82) is 0 Å². The number of anilines is 1. The minimum atomic E-state index is -4.07. The SMILES string of the molecule is Nc1n[nH]c(C2CCC(C(F)(F)F)CC2)c1-c1cccs1. The number of alkyl halides is 3. The fourth-order valence-electron chi connectivity index (χ4n) is 3.05. The minimum absolute atomic E-state index is 0.0745. The van der Waals surface area contributed by atoms with E-state index in [0.29, 0.717) is 18.7 Å². The molecular formula is C14H16F3N3S. The smallest absolute Gasteiger partial charge is 0.382 e. The zero-order valence-corrected chi connectivity index (χ0v) is 12.1. The highest BCUT2D eigenvalue weighted by atomic mass is 32.1. The van der Waals surface area contributed by atoms with Crippen LogP contribution in [0.4, 0.5) is 19.0 Å². The molecule has 0 spiro atoms. The summed E-state index contributed by atoms with van der Waals surface area (Å²) in [5, 5.41) is 8.94. The summed E-state index contributed by atoms with van der Waals surface area (Å²) in [7, 11) is 0. The summed E-state index contributed by atoms with van der Waals surface area (Å²) in [6, 6.07) is 3.88. The molecule has 114 valence electrons. The number of nitrogens with one attached hydrogen (secondary N) is 1. The number of hydrogen-bond acceptors (Lipinski definition) is 3. The largest absolute Gasteiger partial charge is 0.391 e. The zero-order valence-electron chi connectivity index (χ0n) is 11.3. The normalized spacial score (nSPS) is 23.4. The average molecular weight is 315 g/mol. The third-order valence-corrected chi connectivity index (χ3v) is 5.08. The first-order valence-electron chi connectivity index (χ1n) is 6.91. The molecule has 3 rings (SSSR count). The molecule has 3 nitrogen and oxygen atoms in total. The van der Waals surface area contributed by atoms with Gasteiger partial charge in [-0.25, -0.2) is 0 Å². The maximum atomic E-state index is 12.7. The third kappa shape index (κ3) is 2.79. The fraction of sp³-hybridized carbons (Fsp3) is 0.500. The predicted octanol–water partition coefficient (Wildman–Crippen LogP) is 4.56. The van der Waals surface area contributed by atoms with Crippen LogP contribution in [0.5, 0.6) is 0 Å². The molecule has 0 atom stereocenters. The highest BCUT2D eigenvalue weighted by Crippen LogP contribution is 2.45. The summed E-state index contributed by atoms with van der Waals surface area (Å²) >= 11 is 1.56. The van der Waals surface area contributed by atoms with E-state index in [0.717, 1.165) is 16.1 Å². The predicted molar refractivity (Wildman–Crippen MR) is 77.1 cm³/mol. The lowest BCUT2D eigenvalue weighted by atomic mass is 9.79. The van der Waals surface area contributed by atoms with Crippen LogP contribution in [0, 0.1) is 5.92 Å². The minimum Gasteiger partial charge on any atom is -0.382 e. The van der Waals surface area contributed by atoms with Gasteiger partial charge >= 0.3 is 6.18 Å². The summed E-state index contributed by atoms with van der Waals surface area (Å²) in [5.41, 5.74) is 7.67. The number of aromatic amines is 1. The van der Waals surface area contributed by atoms with Crippen molar-refractivity contribution in [2.75, 3.05) is 5.73 Å². The summed E-state index contributed by atoms with van der Waals surface area (Å²) in [5.74, 6) is -0.671. The molecule has 7 heteroatoms. The van der Waals surface area contributed by atoms with Gasteiger partial charge in [-0.3, -0.25) is 5.10 Å². The van der Waals surface area contributed by atoms with Crippen molar-refractivity contribution in [2.45, 2.75) is 37.8 Å². The molecule has 1 fully saturated rings. The van der Waals surface area contributed by atoms with Gasteiger partial charge in [0, 0.05) is 16.5 Å². The van der Waals surface area contributed by atoms with Crippen LogP contribution in [0.2, 0.25) is 0 Å². The van der Waals surface area contributed by atoms with Crippen LogP contribution in [0.25, 0.3) is 10.4 Å². The van der Waals surface area contributed by atoms with Gasteiger partial charge < -0.3 is 5.73 Å². The molecule has 2 aromatic rings. The van der Waals surface area contributed by atoms with Crippen LogP contribution >= 0.6 is 11.3 Å². The Balaban J connectivity index is 1.81. The van der Waals surface area contributed by atoms with E-state index in [4.69, 9.17) is 5.73 Å². The molecule has 0 amide bonds. The number of nitrogens with zero attached hydrogens (tertiary/aromatic N) is 1. The van der Waals surface area contributed by atoms with E-state index in [1.165, 1.54) is 0 Å². The second-order valence-electron chi connectivity index (χ2n) is 5.46. The summed E-state index contributed by atoms with van der Waals surface area (Å²) in [6.45, 7) is 0. The monoisotopic (exact) mass is 315 g/mol. The first-order valence-corrected chi connectivity index (χ1v) is 7.79. The van der Waals surface area contributed by atoms with Crippen molar-refractivity contribution in [3.8, 4) is 10.4 Å². The lowest BCUT2D eigenvalue weighted by Crippen LogP contribution is -2.27. The summed E-state index contributed by atoms with van der Waals surface area (Å²) in [6.07, 6.45) is -2.68. The number of nitrogen functional groups attached to an aromatic ring is 1. The molecule has 2 aromatic heterocycles. The van der Waals surface area contributed by atoms with Gasteiger partial charge in [0.2, 0.25) is 0 Å². The van der Waals surface area contributed by atoms with E-state index in [-0.39, 0.29) is 18.8 Å². The van der Waals surface area contributed by atoms with Crippen LogP contribution in [0.3, 0.4) is 0 Å². The van der Waals surface area contributed by atoms with Crippen molar-refractivity contribution < 1.29 is 13.2 Å². The van der Waals surface area contributed by atoms with Crippen LogP contribution in [0.15, 0.2) is 17.5 Å². The second-order valence-corrected chi connectivity index (χ2v) is 6.41. The molecule has 0 aromatic carbocycles. The molecule has 1 aliphatic carbocycles. The van der Waals surface area contributed by atoms with E-state index < -0.39 is 12.1 Å². The van der Waals surface area contributed by atoms with Crippen molar-refractivity contribution in [3.63, 3.8) is 0 Å². The van der Waals surface area contributed by atoms with E-state index in [2.05, 4.69) is 10.2 Å². The van der Waals surface area contributed by atoms with Crippen molar-refractivity contribution in [1.82, 2.24) is 10.2 Å². The average Bonchev–Trinajstić information content (AvgIpc) is 3.06. The van der Waals surface area contributed by atoms with Crippen LogP contribution < -0.4 is 5.73 Å². The maximum Gasteiger partial charge on any atom is 0.391 e. The van der Waals surface area contributed by atoms with E-state index >= 15 is 0 Å². The Morgan fingerprint density at radius 3 is 2.52 bits per heavy atom. The molecule has 1 aliphatic rings. The molecule has 0 radical (unpaired) electrons. The van der Waals surface area contributed by atoms with Gasteiger partial charge in [-0.2, -0.15) is 18.3 Å². The maximum absolute atomic E-state index is 12.7. The Kier molecular flexibility index (Phi) is 3.69. The fourth-order valence-corrected chi connectivity index (χ4v) is 3.85. The molecule has 0 bridgehead atoms. The number of halogens is 3. The Morgan fingerprint density at radius 2 is 1.95 bits per heavy atom. The molecule has 3 N–H and O–H groups in total. The standard InChI is InChI=1S/C14H16F3N3S/c15-14(16,17)9-5-3-8(4-6-9)12-11(13(18)20-19-12)10-2-1-7-21-10/h1-2,7-9H,3-6H2,(H3,18,19,20). The number of H-pyrrole nitrogens is 1. The highest BCUT2D eigenvalue weighted by molar-refractivity contribution is 7.13. The first kappa shape index (κ1) is 14.4. The first-order chi connectivity index (χ1) is 9.97. The molecule has 1 saturated carbocycles. The zero-order chi connectivity index (χ0) is 15.0. The van der Waals surface area contributed by atoms with Gasteiger partial charge in [0.1, 0.15) is 0 Å². The summed E-state index contributed by atoms with van der Waals surface area (Å²) in [4.78, 5) is 1.01. The van der Waals surface area contributed by atoms with Crippen molar-refractivity contribution >= 4 is 17.2 Å². The number of rotatable bonds is 2. The second kappa shape index (κ2) is 5.36. The Morgan fingerprint density at radius 1 is 1.24 bits per heavy atom. The van der Waals surface area contributed by atoms with Crippen LogP contribution in [0.1, 0.15) is 37.3 Å². The summed E-state index contributed by atoms with van der Waals surface area (Å²) < 4.78 is 38.2. The lowest BCUT2D eigenvalue weighted by molar-refractivity contribution is -0.182. The van der Waals surface area contributed by atoms with Crippen molar-refractivity contribution in [3.05, 3.63) is 23.2 Å². The third-order valence-electron chi connectivity index (χ3n) is 4.19. The Labute approximate surface area is 124 Å². The number of hydrogen-bond donors (Lipinski definition) is 2. The van der Waals surface area contributed by atoms with Gasteiger partial charge in [0.25, 0.3) is 0 Å². The molecule has 0 saturated heterocycles. The Bertz CT molecular complexity index is 596. The highest BCUT2D eigenvalue weighted by Gasteiger charge is 2.42. The van der Waals surface area contributed by atoms with Gasteiger partial charge in [-0.1, -0.05) is 6.07 Å². The number of nitrogens with two attached hydrogens (primary N) is 1. The number of thiophene rings is 1. The quantitative estimate of drug-likeness (QED) is 0.854. The van der Waals surface area contributed by atoms with E-state index in [1.54, 1.807) is 11.3 Å². The van der Waals surface area contributed by atoms with Gasteiger partial charge in [0.05, 0.1) is 11.5 Å². The lowest BCUT2D eigenvalue weighted by Gasteiger charge is -2.29. The van der Waals surface area contributed by atoms with Gasteiger partial charge in [-0.15, -0.1) is 11.3 Å². The van der Waals surface area contributed by atoms with E-state index in [9.17, 15) is 13.2 Å².